The van der Waals surface area contributed by atoms with Gasteiger partial charge in [0.05, 0.1) is 24.5 Å². The lowest BCUT2D eigenvalue weighted by molar-refractivity contribution is -0.132. The Hall–Kier alpha value is -2.92. The van der Waals surface area contributed by atoms with Gasteiger partial charge in [0.2, 0.25) is 11.8 Å². The van der Waals surface area contributed by atoms with Crippen molar-refractivity contribution in [2.24, 2.45) is 11.8 Å². The molecule has 3 heterocycles. The average molecular weight is 402 g/mol. The van der Waals surface area contributed by atoms with Gasteiger partial charge in [-0.2, -0.15) is 0 Å². The van der Waals surface area contributed by atoms with Crippen LogP contribution in [0.4, 0.5) is 5.69 Å². The summed E-state index contributed by atoms with van der Waals surface area (Å²) in [5.74, 6) is -1.05. The third-order valence-corrected chi connectivity index (χ3v) is 6.57. The molecule has 2 fully saturated rings. The summed E-state index contributed by atoms with van der Waals surface area (Å²) in [7, 11) is 0. The second-order valence-electron chi connectivity index (χ2n) is 8.59. The number of amides is 2. The maximum absolute atomic E-state index is 13.3. The number of nitrogens with zero attached hydrogens (tertiary/aromatic N) is 1. The summed E-state index contributed by atoms with van der Waals surface area (Å²) in [6, 6.07) is 19.9. The number of rotatable bonds is 6. The van der Waals surface area contributed by atoms with Gasteiger partial charge < -0.3 is 15.0 Å². The fraction of sp³-hybridized carbons (Fsp3) is 0.360. The molecule has 1 spiro atoms. The van der Waals surface area contributed by atoms with E-state index in [4.69, 9.17) is 4.74 Å². The van der Waals surface area contributed by atoms with E-state index in [0.717, 1.165) is 18.5 Å². The first kappa shape index (κ1) is 19.1. The van der Waals surface area contributed by atoms with Crippen molar-refractivity contribution in [2.75, 3.05) is 11.4 Å². The van der Waals surface area contributed by atoms with E-state index in [2.05, 4.69) is 17.4 Å². The van der Waals surface area contributed by atoms with Crippen LogP contribution in [0.2, 0.25) is 0 Å². The topological polar surface area (TPSA) is 58.6 Å². The average Bonchev–Trinajstić information content (AvgIpc) is 3.42. The number of hydrogen-bond acceptors (Lipinski definition) is 3. The lowest BCUT2D eigenvalue weighted by Crippen LogP contribution is -2.46. The lowest BCUT2D eigenvalue weighted by Gasteiger charge is -2.25. The van der Waals surface area contributed by atoms with E-state index in [1.807, 2.05) is 67.6 Å². The van der Waals surface area contributed by atoms with E-state index >= 15 is 0 Å². The molecule has 154 valence electrons. The molecule has 5 heteroatoms. The number of para-hydroxylation sites is 1. The Kier molecular flexibility index (Phi) is 4.70. The molecule has 0 radical (unpaired) electrons. The molecule has 2 aromatic carbocycles. The molecule has 0 aliphatic carbocycles. The largest absolute Gasteiger partial charge is 0.360 e. The van der Waals surface area contributed by atoms with E-state index in [-0.39, 0.29) is 24.0 Å². The van der Waals surface area contributed by atoms with Crippen LogP contribution < -0.4 is 10.2 Å². The molecule has 5 nitrogen and oxygen atoms in total. The van der Waals surface area contributed by atoms with E-state index < -0.39 is 17.4 Å². The van der Waals surface area contributed by atoms with Gasteiger partial charge in [0.15, 0.2) is 0 Å². The Balaban J connectivity index is 1.29. The second kappa shape index (κ2) is 7.40. The molecule has 1 N–H and O–H groups in total. The molecule has 2 amide bonds. The van der Waals surface area contributed by atoms with Gasteiger partial charge in [-0.05, 0) is 37.5 Å². The molecule has 5 atom stereocenters. The summed E-state index contributed by atoms with van der Waals surface area (Å²) in [6.07, 6.45) is 5.38. The number of carbonyl (C=O) groups is 2. The predicted molar refractivity (Wildman–Crippen MR) is 115 cm³/mol. The molecule has 2 saturated heterocycles. The van der Waals surface area contributed by atoms with Gasteiger partial charge in [0.25, 0.3) is 0 Å². The molecule has 3 aliphatic rings. The van der Waals surface area contributed by atoms with Crippen LogP contribution in [0.3, 0.4) is 0 Å². The molecule has 5 rings (SSSR count). The highest BCUT2D eigenvalue weighted by atomic mass is 16.5. The van der Waals surface area contributed by atoms with Gasteiger partial charge in [0, 0.05) is 11.7 Å². The monoisotopic (exact) mass is 402 g/mol. The molecule has 0 saturated carbocycles. The van der Waals surface area contributed by atoms with Crippen LogP contribution in [0.25, 0.3) is 0 Å². The van der Waals surface area contributed by atoms with Crippen LogP contribution in [-0.4, -0.2) is 36.1 Å². The number of nitrogens with one attached hydrogen (secondary N) is 1. The zero-order chi connectivity index (χ0) is 20.7. The molecule has 30 heavy (non-hydrogen) atoms. The Morgan fingerprint density at radius 1 is 1.17 bits per heavy atom. The Morgan fingerprint density at radius 2 is 1.87 bits per heavy atom. The van der Waals surface area contributed by atoms with E-state index in [1.165, 1.54) is 5.56 Å². The number of anilines is 1. The summed E-state index contributed by atoms with van der Waals surface area (Å²) in [5, 5.41) is 3.14. The van der Waals surface area contributed by atoms with Crippen molar-refractivity contribution < 1.29 is 14.3 Å². The van der Waals surface area contributed by atoms with E-state index in [1.54, 1.807) is 4.90 Å². The summed E-state index contributed by atoms with van der Waals surface area (Å²) >= 11 is 0. The van der Waals surface area contributed by atoms with Crippen molar-refractivity contribution in [3.8, 4) is 0 Å². The smallest absolute Gasteiger partial charge is 0.234 e. The highest BCUT2D eigenvalue weighted by Gasteiger charge is 2.67. The molecule has 0 aromatic heterocycles. The SMILES string of the molecule is C[C@H](CCc1ccccc1)NC(=O)[C@H]1[C@@H]2C=C[C@]3(CN(c4ccccc4)C(=O)[C@H]13)O2. The minimum Gasteiger partial charge on any atom is -0.360 e. The highest BCUT2D eigenvalue weighted by molar-refractivity contribution is 6.03. The van der Waals surface area contributed by atoms with Gasteiger partial charge in [-0.1, -0.05) is 60.7 Å². The number of ether oxygens (including phenoxy) is 1. The van der Waals surface area contributed by atoms with Crippen LogP contribution in [0, 0.1) is 11.8 Å². The van der Waals surface area contributed by atoms with Gasteiger partial charge >= 0.3 is 0 Å². The van der Waals surface area contributed by atoms with Crippen molar-refractivity contribution in [3.63, 3.8) is 0 Å². The van der Waals surface area contributed by atoms with Crippen LogP contribution in [0.1, 0.15) is 18.9 Å². The van der Waals surface area contributed by atoms with Gasteiger partial charge in [-0.15, -0.1) is 0 Å². The standard InChI is InChI=1S/C25H26N2O3/c1-17(12-13-18-8-4-2-5-9-18)26-23(28)21-20-14-15-25(30-20)16-27(24(29)22(21)25)19-10-6-3-7-11-19/h2-11,14-15,17,20-22H,12-13,16H2,1H3,(H,26,28)/t17-,20+,21+,22+,25-/m1/s1. The van der Waals surface area contributed by atoms with E-state index in [0.29, 0.717) is 6.54 Å². The van der Waals surface area contributed by atoms with Gasteiger partial charge in [-0.25, -0.2) is 0 Å². The first-order valence-corrected chi connectivity index (χ1v) is 10.7. The highest BCUT2D eigenvalue weighted by Crippen LogP contribution is 2.52. The Bertz CT molecular complexity index is 974. The van der Waals surface area contributed by atoms with Crippen molar-refractivity contribution in [1.29, 1.82) is 0 Å². The van der Waals surface area contributed by atoms with Crippen LogP contribution >= 0.6 is 0 Å². The quantitative estimate of drug-likeness (QED) is 0.756. The van der Waals surface area contributed by atoms with Crippen molar-refractivity contribution >= 4 is 17.5 Å². The second-order valence-corrected chi connectivity index (χ2v) is 8.59. The first-order chi connectivity index (χ1) is 14.6. The summed E-state index contributed by atoms with van der Waals surface area (Å²) in [5.41, 5.74) is 1.42. The third kappa shape index (κ3) is 3.14. The normalized spacial score (nSPS) is 29.8. The summed E-state index contributed by atoms with van der Waals surface area (Å²) in [4.78, 5) is 28.3. The maximum atomic E-state index is 13.3. The molecular weight excluding hydrogens is 376 g/mol. The molecule has 2 bridgehead atoms. The number of benzene rings is 2. The van der Waals surface area contributed by atoms with Crippen molar-refractivity contribution in [1.82, 2.24) is 5.32 Å². The van der Waals surface area contributed by atoms with E-state index in [9.17, 15) is 9.59 Å². The predicted octanol–water partition coefficient (Wildman–Crippen LogP) is 3.11. The third-order valence-electron chi connectivity index (χ3n) is 6.57. The minimum atomic E-state index is -0.688. The number of aryl methyl sites for hydroxylation is 1. The molecule has 3 aliphatic heterocycles. The minimum absolute atomic E-state index is 0.0230. The number of carbonyl (C=O) groups excluding carboxylic acids is 2. The maximum Gasteiger partial charge on any atom is 0.234 e. The number of fused-ring (bicyclic) bond motifs is 1. The van der Waals surface area contributed by atoms with Gasteiger partial charge in [0.1, 0.15) is 5.60 Å². The Labute approximate surface area is 176 Å². The van der Waals surface area contributed by atoms with Crippen molar-refractivity contribution in [3.05, 3.63) is 78.4 Å². The van der Waals surface area contributed by atoms with Crippen LogP contribution in [0.15, 0.2) is 72.8 Å². The molecule has 0 unspecified atom stereocenters. The lowest BCUT2D eigenvalue weighted by atomic mass is 9.76. The zero-order valence-corrected chi connectivity index (χ0v) is 17.0. The molecular formula is C25H26N2O3. The summed E-state index contributed by atoms with van der Waals surface area (Å²) in [6.45, 7) is 2.48. The zero-order valence-electron chi connectivity index (χ0n) is 17.0. The van der Waals surface area contributed by atoms with Gasteiger partial charge in [-0.3, -0.25) is 9.59 Å². The van der Waals surface area contributed by atoms with Crippen LogP contribution in [-0.2, 0) is 20.7 Å². The first-order valence-electron chi connectivity index (χ1n) is 10.7. The van der Waals surface area contributed by atoms with Crippen LogP contribution in [0.5, 0.6) is 0 Å². The Morgan fingerprint density at radius 3 is 2.60 bits per heavy atom. The molecule has 2 aromatic rings. The fourth-order valence-corrected chi connectivity index (χ4v) is 5.06. The number of hydrogen-bond donors (Lipinski definition) is 1. The fourth-order valence-electron chi connectivity index (χ4n) is 5.06. The van der Waals surface area contributed by atoms with Crippen molar-refractivity contribution in [2.45, 2.75) is 37.5 Å². The summed E-state index contributed by atoms with van der Waals surface area (Å²) < 4.78 is 6.22.